The summed E-state index contributed by atoms with van der Waals surface area (Å²) in [5.41, 5.74) is 2.97. The lowest BCUT2D eigenvalue weighted by molar-refractivity contribution is -0.148. The van der Waals surface area contributed by atoms with Crippen LogP contribution >= 0.6 is 12.4 Å². The van der Waals surface area contributed by atoms with E-state index in [0.717, 1.165) is 31.5 Å². The van der Waals surface area contributed by atoms with Crippen LogP contribution in [0.5, 0.6) is 0 Å². The molecule has 5 nitrogen and oxygen atoms in total. The van der Waals surface area contributed by atoms with Gasteiger partial charge >= 0.3 is 6.03 Å². The predicted octanol–water partition coefficient (Wildman–Crippen LogP) is 1.72. The number of nitrogens with zero attached hydrogens (tertiary/aromatic N) is 1. The quantitative estimate of drug-likeness (QED) is 0.840. The maximum atomic E-state index is 11.3. The number of benzene rings is 1. The molecule has 1 saturated heterocycles. The molecule has 3 N–H and O–H groups in total. The fourth-order valence-electron chi connectivity index (χ4n) is 2.25. The average Bonchev–Trinajstić information content (AvgIpc) is 2.99. The Labute approximate surface area is 127 Å². The van der Waals surface area contributed by atoms with Crippen molar-refractivity contribution in [3.63, 3.8) is 0 Å². The number of primary amides is 1. The molecule has 1 aromatic rings. The fraction of sp³-hybridized carbons (Fsp3) is 0.500. The zero-order valence-corrected chi connectivity index (χ0v) is 12.2. The SMILES string of the molecule is Cl.[2H]NC(=O)N[C@H](CON1CCCC1)Cc1ccccc1. The molecular formula is C14H22ClN3O2. The van der Waals surface area contributed by atoms with Crippen LogP contribution in [-0.4, -0.2) is 36.8 Å². The molecule has 0 saturated carbocycles. The first-order valence-electron chi connectivity index (χ1n) is 7.18. The van der Waals surface area contributed by atoms with Crippen LogP contribution in [0.2, 0.25) is 1.41 Å². The maximum Gasteiger partial charge on any atom is 0.312 e. The summed E-state index contributed by atoms with van der Waals surface area (Å²) < 4.78 is 6.87. The number of amides is 2. The van der Waals surface area contributed by atoms with E-state index in [1.165, 1.54) is 0 Å². The highest BCUT2D eigenvalue weighted by Gasteiger charge is 2.16. The van der Waals surface area contributed by atoms with Crippen molar-refractivity contribution in [3.05, 3.63) is 35.9 Å². The highest BCUT2D eigenvalue weighted by molar-refractivity contribution is 5.85. The van der Waals surface area contributed by atoms with Gasteiger partial charge in [-0.1, -0.05) is 30.3 Å². The maximum absolute atomic E-state index is 11.3. The Balaban J connectivity index is 0.00000220. The van der Waals surface area contributed by atoms with Gasteiger partial charge in [-0.3, -0.25) is 4.84 Å². The minimum atomic E-state index is -0.504. The first kappa shape index (κ1) is 15.1. The van der Waals surface area contributed by atoms with Crippen LogP contribution in [0.15, 0.2) is 30.3 Å². The molecule has 2 rings (SSSR count). The van der Waals surface area contributed by atoms with Crippen molar-refractivity contribution < 1.29 is 11.0 Å². The molecule has 6 heteroatoms. The molecule has 20 heavy (non-hydrogen) atoms. The molecule has 0 spiro atoms. The number of carbonyl (C=O) groups excluding carboxylic acids is 1. The lowest BCUT2D eigenvalue weighted by Gasteiger charge is -2.21. The van der Waals surface area contributed by atoms with Gasteiger partial charge in [-0.2, -0.15) is 5.06 Å². The van der Waals surface area contributed by atoms with Gasteiger partial charge in [0.15, 0.2) is 1.41 Å². The van der Waals surface area contributed by atoms with E-state index in [1.807, 2.05) is 41.1 Å². The monoisotopic (exact) mass is 300 g/mol. The summed E-state index contributed by atoms with van der Waals surface area (Å²) in [5.74, 6) is 0. The fourth-order valence-corrected chi connectivity index (χ4v) is 2.25. The van der Waals surface area contributed by atoms with E-state index < -0.39 is 6.03 Å². The highest BCUT2D eigenvalue weighted by Crippen LogP contribution is 2.09. The third-order valence-corrected chi connectivity index (χ3v) is 3.18. The number of hydrogen-bond acceptors (Lipinski definition) is 3. The Morgan fingerprint density at radius 2 is 2.10 bits per heavy atom. The van der Waals surface area contributed by atoms with Gasteiger partial charge in [-0.25, -0.2) is 4.79 Å². The normalized spacial score (nSPS) is 16.9. The number of nitrogens with one attached hydrogen (secondary N) is 1. The summed E-state index contributed by atoms with van der Waals surface area (Å²) in [5, 5.41) is 4.69. The van der Waals surface area contributed by atoms with Crippen LogP contribution in [0.1, 0.15) is 18.4 Å². The van der Waals surface area contributed by atoms with E-state index in [2.05, 4.69) is 5.32 Å². The average molecular weight is 301 g/mol. The van der Waals surface area contributed by atoms with Crippen LogP contribution in [-0.2, 0) is 11.3 Å². The topological polar surface area (TPSA) is 67.6 Å². The summed E-state index contributed by atoms with van der Waals surface area (Å²) >= 11 is 0. The van der Waals surface area contributed by atoms with Gasteiger partial charge in [0.25, 0.3) is 0 Å². The van der Waals surface area contributed by atoms with Crippen molar-refractivity contribution in [2.45, 2.75) is 25.3 Å². The van der Waals surface area contributed by atoms with Gasteiger partial charge < -0.3 is 11.0 Å². The van der Waals surface area contributed by atoms with Gasteiger partial charge in [-0.15, -0.1) is 12.4 Å². The van der Waals surface area contributed by atoms with Crippen LogP contribution in [0.4, 0.5) is 4.79 Å². The molecule has 0 aromatic heterocycles. The Morgan fingerprint density at radius 3 is 2.75 bits per heavy atom. The number of urea groups is 1. The van der Waals surface area contributed by atoms with Crippen LogP contribution < -0.4 is 11.0 Å². The van der Waals surface area contributed by atoms with E-state index in [1.54, 1.807) is 0 Å². The minimum absolute atomic E-state index is 0. The smallest absolute Gasteiger partial charge is 0.312 e. The predicted molar refractivity (Wildman–Crippen MR) is 80.7 cm³/mol. The molecule has 1 aliphatic rings. The van der Waals surface area contributed by atoms with Crippen LogP contribution in [0.3, 0.4) is 0 Å². The van der Waals surface area contributed by atoms with Gasteiger partial charge in [0, 0.05) is 13.1 Å². The summed E-state index contributed by atoms with van der Waals surface area (Å²) in [6.45, 7) is 2.31. The molecule has 1 aliphatic heterocycles. The number of rotatable bonds is 6. The lowest BCUT2D eigenvalue weighted by atomic mass is 10.1. The van der Waals surface area contributed by atoms with Gasteiger partial charge in [0.1, 0.15) is 0 Å². The minimum Gasteiger partial charge on any atom is -0.352 e. The number of hydroxylamine groups is 2. The third-order valence-electron chi connectivity index (χ3n) is 3.18. The molecule has 2 amide bonds. The van der Waals surface area contributed by atoms with Gasteiger partial charge in [0.2, 0.25) is 0 Å². The molecule has 1 atom stereocenters. The number of nitrogens with two attached hydrogens (primary N) is 1. The Hall–Kier alpha value is -1.30. The molecule has 1 heterocycles. The van der Waals surface area contributed by atoms with Gasteiger partial charge in [-0.05, 0) is 24.8 Å². The standard InChI is InChI=1S/C14H21N3O2.ClH/c15-14(18)16-13(10-12-6-2-1-3-7-12)11-19-17-8-4-5-9-17;/h1-3,6-7,13H,4-5,8-11H2,(H3,15,16,18);1H/t13-;/m0./s1/i/hD. The molecule has 0 bridgehead atoms. The largest absolute Gasteiger partial charge is 0.352 e. The second-order valence-electron chi connectivity index (χ2n) is 4.79. The third kappa shape index (κ3) is 5.77. The van der Waals surface area contributed by atoms with Crippen LogP contribution in [0, 0.1) is 0 Å². The molecule has 1 fully saturated rings. The van der Waals surface area contributed by atoms with Gasteiger partial charge in [0.05, 0.1) is 12.6 Å². The molecule has 1 aromatic carbocycles. The molecule has 0 unspecified atom stereocenters. The van der Waals surface area contributed by atoms with Crippen molar-refractivity contribution in [1.82, 2.24) is 10.4 Å². The van der Waals surface area contributed by atoms with Crippen LogP contribution in [0.25, 0.3) is 0 Å². The molecule has 112 valence electrons. The number of halogens is 1. The Morgan fingerprint density at radius 1 is 1.40 bits per heavy atom. The summed E-state index contributed by atoms with van der Waals surface area (Å²) in [7, 11) is 0. The van der Waals surface area contributed by atoms with Crippen molar-refractivity contribution >= 4 is 18.4 Å². The Bertz CT molecular complexity index is 416. The molecule has 0 aliphatic carbocycles. The van der Waals surface area contributed by atoms with Crippen molar-refractivity contribution in [2.75, 3.05) is 19.7 Å². The second-order valence-corrected chi connectivity index (χ2v) is 4.79. The van der Waals surface area contributed by atoms with Crippen molar-refractivity contribution in [2.24, 2.45) is 5.73 Å². The van der Waals surface area contributed by atoms with E-state index >= 15 is 0 Å². The van der Waals surface area contributed by atoms with E-state index in [9.17, 15) is 4.79 Å². The number of hydrogen-bond donors (Lipinski definition) is 2. The first-order valence-corrected chi connectivity index (χ1v) is 6.68. The second kappa shape index (κ2) is 8.79. The summed E-state index contributed by atoms with van der Waals surface area (Å²) in [6, 6.07) is 9.28. The molecular weight excluding hydrogens is 278 g/mol. The van der Waals surface area contributed by atoms with E-state index in [4.69, 9.17) is 6.25 Å². The van der Waals surface area contributed by atoms with E-state index in [0.29, 0.717) is 13.0 Å². The highest BCUT2D eigenvalue weighted by atomic mass is 35.5. The summed E-state index contributed by atoms with van der Waals surface area (Å²) in [4.78, 5) is 17.0. The van der Waals surface area contributed by atoms with E-state index in [-0.39, 0.29) is 18.4 Å². The molecule has 0 radical (unpaired) electrons. The van der Waals surface area contributed by atoms with Crippen molar-refractivity contribution in [1.29, 1.82) is 0 Å². The lowest BCUT2D eigenvalue weighted by Crippen LogP contribution is -2.44. The number of carbonyl (C=O) groups is 1. The summed E-state index contributed by atoms with van der Waals surface area (Å²) in [6.07, 6.45) is 3.00. The first-order chi connectivity index (χ1) is 9.78. The zero-order valence-electron chi connectivity index (χ0n) is 12.4. The zero-order chi connectivity index (χ0) is 14.2. The van der Waals surface area contributed by atoms with Crippen molar-refractivity contribution in [3.8, 4) is 0 Å². The Kier molecular flexibility index (Phi) is 6.63.